The molecule has 0 bridgehead atoms. The van der Waals surface area contributed by atoms with Gasteiger partial charge in [0, 0.05) is 6.20 Å². The van der Waals surface area contributed by atoms with Crippen molar-refractivity contribution in [1.29, 1.82) is 5.26 Å². The van der Waals surface area contributed by atoms with Crippen LogP contribution >= 0.6 is 0 Å². The quantitative estimate of drug-likeness (QED) is 0.633. The van der Waals surface area contributed by atoms with E-state index in [2.05, 4.69) is 9.97 Å². The van der Waals surface area contributed by atoms with Gasteiger partial charge in [0.15, 0.2) is 5.82 Å². The van der Waals surface area contributed by atoms with Crippen LogP contribution < -0.4 is 0 Å². The molecule has 3 nitrogen and oxygen atoms in total. The Morgan fingerprint density at radius 3 is 2.93 bits per heavy atom. The molecule has 0 saturated carbocycles. The number of nitriles is 1. The first-order valence-corrected chi connectivity index (χ1v) is 4.03. The first-order chi connectivity index (χ1) is 6.70. The minimum atomic E-state index is -0.504. The standard InChI is InChI=1S/C10H6FN3/c1-6-5-13-9-3-7(4-12)2-8(11)10(9)14-6/h2-3,5H,1H3. The van der Waals surface area contributed by atoms with E-state index in [0.29, 0.717) is 11.2 Å². The van der Waals surface area contributed by atoms with Gasteiger partial charge < -0.3 is 0 Å². The van der Waals surface area contributed by atoms with Gasteiger partial charge >= 0.3 is 0 Å². The number of hydrogen-bond acceptors (Lipinski definition) is 3. The van der Waals surface area contributed by atoms with Crippen molar-refractivity contribution in [2.45, 2.75) is 6.92 Å². The predicted octanol–water partition coefficient (Wildman–Crippen LogP) is 1.95. The highest BCUT2D eigenvalue weighted by Crippen LogP contribution is 2.15. The van der Waals surface area contributed by atoms with Crippen molar-refractivity contribution in [2.24, 2.45) is 0 Å². The molecule has 0 aliphatic heterocycles. The zero-order valence-electron chi connectivity index (χ0n) is 7.45. The van der Waals surface area contributed by atoms with Gasteiger partial charge in [-0.2, -0.15) is 5.26 Å². The van der Waals surface area contributed by atoms with E-state index >= 15 is 0 Å². The maximum Gasteiger partial charge on any atom is 0.152 e. The molecule has 0 radical (unpaired) electrons. The van der Waals surface area contributed by atoms with Crippen LogP contribution in [0.3, 0.4) is 0 Å². The van der Waals surface area contributed by atoms with Gasteiger partial charge in [0.1, 0.15) is 5.52 Å². The normalized spacial score (nSPS) is 10.1. The number of aryl methyl sites for hydroxylation is 1. The second kappa shape index (κ2) is 3.04. The molecule has 1 aromatic heterocycles. The Morgan fingerprint density at radius 2 is 2.21 bits per heavy atom. The molecule has 0 aliphatic rings. The zero-order valence-corrected chi connectivity index (χ0v) is 7.45. The fraction of sp³-hybridized carbons (Fsp3) is 0.100. The Bertz CT molecular complexity index is 543. The molecular formula is C10H6FN3. The summed E-state index contributed by atoms with van der Waals surface area (Å²) in [6, 6.07) is 4.55. The zero-order chi connectivity index (χ0) is 10.1. The molecule has 0 saturated heterocycles. The van der Waals surface area contributed by atoms with Gasteiger partial charge in [0.25, 0.3) is 0 Å². The van der Waals surface area contributed by atoms with Crippen molar-refractivity contribution < 1.29 is 4.39 Å². The molecule has 1 heterocycles. The van der Waals surface area contributed by atoms with Crippen LogP contribution in [-0.4, -0.2) is 9.97 Å². The van der Waals surface area contributed by atoms with Crippen molar-refractivity contribution in [1.82, 2.24) is 9.97 Å². The van der Waals surface area contributed by atoms with E-state index in [1.165, 1.54) is 6.07 Å². The summed E-state index contributed by atoms with van der Waals surface area (Å²) in [5.41, 5.74) is 1.53. The van der Waals surface area contributed by atoms with Crippen LogP contribution in [0, 0.1) is 24.1 Å². The summed E-state index contributed by atoms with van der Waals surface area (Å²) in [6.07, 6.45) is 1.54. The van der Waals surface area contributed by atoms with Gasteiger partial charge in [0.05, 0.1) is 22.8 Å². The summed E-state index contributed by atoms with van der Waals surface area (Å²) in [5, 5.41) is 8.61. The Labute approximate surface area is 79.8 Å². The van der Waals surface area contributed by atoms with E-state index in [1.807, 2.05) is 6.07 Å². The molecule has 0 aliphatic carbocycles. The fourth-order valence-corrected chi connectivity index (χ4v) is 1.23. The van der Waals surface area contributed by atoms with Gasteiger partial charge in [0.2, 0.25) is 0 Å². The summed E-state index contributed by atoms with van der Waals surface area (Å²) < 4.78 is 13.4. The summed E-state index contributed by atoms with van der Waals surface area (Å²) >= 11 is 0. The summed E-state index contributed by atoms with van der Waals surface area (Å²) in [7, 11) is 0. The number of benzene rings is 1. The third-order valence-corrected chi connectivity index (χ3v) is 1.85. The lowest BCUT2D eigenvalue weighted by Gasteiger charge is -1.99. The molecule has 68 valence electrons. The Hall–Kier alpha value is -2.02. The van der Waals surface area contributed by atoms with Crippen LogP contribution in [0.4, 0.5) is 4.39 Å². The molecule has 2 aromatic rings. The third kappa shape index (κ3) is 1.29. The molecule has 1 aromatic carbocycles. The van der Waals surface area contributed by atoms with Crippen LogP contribution in [0.5, 0.6) is 0 Å². The van der Waals surface area contributed by atoms with E-state index in [0.717, 1.165) is 6.07 Å². The lowest BCUT2D eigenvalue weighted by atomic mass is 10.2. The van der Waals surface area contributed by atoms with Crippen molar-refractivity contribution >= 4 is 11.0 Å². The van der Waals surface area contributed by atoms with E-state index in [9.17, 15) is 4.39 Å². The van der Waals surface area contributed by atoms with Gasteiger partial charge in [-0.15, -0.1) is 0 Å². The Kier molecular flexibility index (Phi) is 1.86. The lowest BCUT2D eigenvalue weighted by Crippen LogP contribution is -1.91. The minimum Gasteiger partial charge on any atom is -0.253 e. The Morgan fingerprint density at radius 1 is 1.43 bits per heavy atom. The van der Waals surface area contributed by atoms with Gasteiger partial charge in [-0.3, -0.25) is 4.98 Å². The van der Waals surface area contributed by atoms with E-state index in [-0.39, 0.29) is 11.1 Å². The molecule has 0 spiro atoms. The van der Waals surface area contributed by atoms with E-state index in [4.69, 9.17) is 5.26 Å². The average molecular weight is 187 g/mol. The molecule has 2 rings (SSSR count). The van der Waals surface area contributed by atoms with Gasteiger partial charge in [-0.1, -0.05) is 0 Å². The summed E-state index contributed by atoms with van der Waals surface area (Å²) in [4.78, 5) is 8.00. The first kappa shape index (κ1) is 8.57. The molecule has 14 heavy (non-hydrogen) atoms. The van der Waals surface area contributed by atoms with Crippen LogP contribution in [0.25, 0.3) is 11.0 Å². The van der Waals surface area contributed by atoms with E-state index in [1.54, 1.807) is 13.1 Å². The molecule has 4 heteroatoms. The SMILES string of the molecule is Cc1cnc2cc(C#N)cc(F)c2n1. The molecule has 0 atom stereocenters. The van der Waals surface area contributed by atoms with Gasteiger partial charge in [-0.25, -0.2) is 9.37 Å². The molecule has 0 unspecified atom stereocenters. The molecular weight excluding hydrogens is 181 g/mol. The number of aromatic nitrogens is 2. The highest BCUT2D eigenvalue weighted by molar-refractivity contribution is 5.76. The monoisotopic (exact) mass is 187 g/mol. The molecule has 0 N–H and O–H groups in total. The number of halogens is 1. The second-order valence-electron chi connectivity index (χ2n) is 2.95. The van der Waals surface area contributed by atoms with Crippen molar-refractivity contribution in [3.05, 3.63) is 35.4 Å². The van der Waals surface area contributed by atoms with Crippen LogP contribution in [0.15, 0.2) is 18.3 Å². The van der Waals surface area contributed by atoms with Crippen LogP contribution in [0.2, 0.25) is 0 Å². The average Bonchev–Trinajstić information content (AvgIpc) is 2.19. The van der Waals surface area contributed by atoms with Crippen molar-refractivity contribution in [3.63, 3.8) is 0 Å². The topological polar surface area (TPSA) is 49.6 Å². The maximum absolute atomic E-state index is 13.4. The second-order valence-corrected chi connectivity index (χ2v) is 2.95. The summed E-state index contributed by atoms with van der Waals surface area (Å²) in [6.45, 7) is 1.74. The predicted molar refractivity (Wildman–Crippen MR) is 48.9 cm³/mol. The third-order valence-electron chi connectivity index (χ3n) is 1.85. The van der Waals surface area contributed by atoms with Crippen LogP contribution in [0.1, 0.15) is 11.3 Å². The highest BCUT2D eigenvalue weighted by Gasteiger charge is 2.05. The molecule has 0 fully saturated rings. The van der Waals surface area contributed by atoms with Crippen molar-refractivity contribution in [2.75, 3.05) is 0 Å². The van der Waals surface area contributed by atoms with Gasteiger partial charge in [-0.05, 0) is 19.1 Å². The first-order valence-electron chi connectivity index (χ1n) is 4.03. The lowest BCUT2D eigenvalue weighted by molar-refractivity contribution is 0.635. The fourth-order valence-electron chi connectivity index (χ4n) is 1.23. The van der Waals surface area contributed by atoms with E-state index < -0.39 is 5.82 Å². The highest BCUT2D eigenvalue weighted by atomic mass is 19.1. The number of rotatable bonds is 0. The molecule has 0 amide bonds. The number of hydrogen-bond donors (Lipinski definition) is 0. The summed E-state index contributed by atoms with van der Waals surface area (Å²) in [5.74, 6) is -0.504. The Balaban J connectivity index is 2.84. The van der Waals surface area contributed by atoms with Crippen molar-refractivity contribution in [3.8, 4) is 6.07 Å². The van der Waals surface area contributed by atoms with Crippen LogP contribution in [-0.2, 0) is 0 Å². The largest absolute Gasteiger partial charge is 0.253 e. The number of nitrogens with zero attached hydrogens (tertiary/aromatic N) is 3. The minimum absolute atomic E-state index is 0.212. The number of fused-ring (bicyclic) bond motifs is 1. The smallest absolute Gasteiger partial charge is 0.152 e. The maximum atomic E-state index is 13.4.